The zero-order valence-electron chi connectivity index (χ0n) is 12.4. The Morgan fingerprint density at radius 1 is 1.11 bits per heavy atom. The highest BCUT2D eigenvalue weighted by Crippen LogP contribution is 2.36. The van der Waals surface area contributed by atoms with Crippen LogP contribution in [0.15, 0.2) is 16.7 Å². The van der Waals surface area contributed by atoms with Crippen LogP contribution < -0.4 is 5.73 Å². The molecule has 2 N–H and O–H groups in total. The van der Waals surface area contributed by atoms with Gasteiger partial charge in [-0.25, -0.2) is 0 Å². The van der Waals surface area contributed by atoms with E-state index in [1.165, 1.54) is 22.3 Å². The molecule has 0 aliphatic carbocycles. The summed E-state index contributed by atoms with van der Waals surface area (Å²) in [5.74, 6) is 0.944. The molecule has 0 amide bonds. The molecule has 0 saturated carbocycles. The molecule has 2 aromatic rings. The summed E-state index contributed by atoms with van der Waals surface area (Å²) in [6.07, 6.45) is 0.878. The fourth-order valence-corrected chi connectivity index (χ4v) is 2.71. The fraction of sp³-hybridized carbons (Fsp3) is 0.438. The summed E-state index contributed by atoms with van der Waals surface area (Å²) in [7, 11) is 0. The van der Waals surface area contributed by atoms with Crippen molar-refractivity contribution in [3.05, 3.63) is 34.5 Å². The van der Waals surface area contributed by atoms with E-state index < -0.39 is 0 Å². The average Bonchev–Trinajstić information content (AvgIpc) is 2.59. The molecule has 0 saturated heterocycles. The third kappa shape index (κ3) is 2.65. The van der Waals surface area contributed by atoms with Crippen molar-refractivity contribution in [2.45, 2.75) is 41.0 Å². The molecule has 0 aliphatic rings. The lowest BCUT2D eigenvalue weighted by molar-refractivity contribution is 0.422. The van der Waals surface area contributed by atoms with Crippen molar-refractivity contribution in [1.82, 2.24) is 5.16 Å². The van der Waals surface area contributed by atoms with E-state index in [0.29, 0.717) is 11.8 Å². The molecule has 0 unspecified atom stereocenters. The molecule has 3 heteroatoms. The van der Waals surface area contributed by atoms with E-state index in [0.717, 1.165) is 17.7 Å². The molecule has 19 heavy (non-hydrogen) atoms. The lowest BCUT2D eigenvalue weighted by Gasteiger charge is -2.12. The van der Waals surface area contributed by atoms with Gasteiger partial charge in [0.15, 0.2) is 0 Å². The van der Waals surface area contributed by atoms with Gasteiger partial charge in [-0.2, -0.15) is 0 Å². The minimum Gasteiger partial charge on any atom is -0.367 e. The van der Waals surface area contributed by atoms with Gasteiger partial charge in [0.05, 0.1) is 11.3 Å². The maximum atomic E-state index is 6.00. The predicted octanol–water partition coefficient (Wildman–Crippen LogP) is 4.05. The third-order valence-electron chi connectivity index (χ3n) is 3.32. The molecule has 0 radical (unpaired) electrons. The number of nitrogens with zero attached hydrogens (tertiary/aromatic N) is 1. The Morgan fingerprint density at radius 3 is 2.21 bits per heavy atom. The van der Waals surface area contributed by atoms with Crippen molar-refractivity contribution in [3.8, 4) is 11.1 Å². The first-order chi connectivity index (χ1) is 8.90. The number of aryl methyl sites for hydroxylation is 3. The minimum atomic E-state index is 0.422. The summed E-state index contributed by atoms with van der Waals surface area (Å²) in [4.78, 5) is 0. The summed E-state index contributed by atoms with van der Waals surface area (Å²) in [6.45, 7) is 10.7. The molecule has 0 atom stereocenters. The lowest BCUT2D eigenvalue weighted by Crippen LogP contribution is -2.00. The van der Waals surface area contributed by atoms with Crippen LogP contribution >= 0.6 is 0 Å². The van der Waals surface area contributed by atoms with E-state index in [-0.39, 0.29) is 0 Å². The molecule has 1 aromatic carbocycles. The van der Waals surface area contributed by atoms with Crippen LogP contribution in [0.5, 0.6) is 0 Å². The van der Waals surface area contributed by atoms with Crippen molar-refractivity contribution < 1.29 is 4.52 Å². The first kappa shape index (κ1) is 13.7. The minimum absolute atomic E-state index is 0.422. The molecular weight excluding hydrogens is 236 g/mol. The predicted molar refractivity (Wildman–Crippen MR) is 79.1 cm³/mol. The third-order valence-corrected chi connectivity index (χ3v) is 3.32. The second-order valence-electron chi connectivity index (χ2n) is 5.74. The van der Waals surface area contributed by atoms with Gasteiger partial charge < -0.3 is 10.3 Å². The van der Waals surface area contributed by atoms with Gasteiger partial charge in [-0.3, -0.25) is 0 Å². The molecule has 1 aromatic heterocycles. The van der Waals surface area contributed by atoms with Crippen molar-refractivity contribution in [1.29, 1.82) is 0 Å². The van der Waals surface area contributed by atoms with Crippen LogP contribution in [0.2, 0.25) is 0 Å². The summed E-state index contributed by atoms with van der Waals surface area (Å²) in [6, 6.07) is 4.35. The Bertz CT molecular complexity index is 574. The highest BCUT2D eigenvalue weighted by molar-refractivity contribution is 5.80. The number of hydrogen-bond acceptors (Lipinski definition) is 3. The Hall–Kier alpha value is -1.77. The number of anilines is 1. The number of hydrogen-bond donors (Lipinski definition) is 1. The quantitative estimate of drug-likeness (QED) is 0.903. The van der Waals surface area contributed by atoms with Crippen LogP contribution in [0.1, 0.15) is 36.2 Å². The van der Waals surface area contributed by atoms with Crippen molar-refractivity contribution in [3.63, 3.8) is 0 Å². The number of aromatic nitrogens is 1. The molecular formula is C16H22N2O. The number of nitrogen functional groups attached to an aromatic ring is 1. The molecule has 3 nitrogen and oxygen atoms in total. The monoisotopic (exact) mass is 258 g/mol. The van der Waals surface area contributed by atoms with Gasteiger partial charge in [-0.1, -0.05) is 36.7 Å². The second kappa shape index (κ2) is 5.08. The SMILES string of the molecule is Cc1cc(C)c(-c2c(CC(C)C)noc2N)c(C)c1. The highest BCUT2D eigenvalue weighted by atomic mass is 16.5. The molecule has 0 aliphatic heterocycles. The smallest absolute Gasteiger partial charge is 0.230 e. The molecule has 0 fully saturated rings. The lowest BCUT2D eigenvalue weighted by atomic mass is 9.91. The fourth-order valence-electron chi connectivity index (χ4n) is 2.71. The van der Waals surface area contributed by atoms with Gasteiger partial charge in [0.25, 0.3) is 0 Å². The summed E-state index contributed by atoms with van der Waals surface area (Å²) in [5.41, 5.74) is 12.8. The van der Waals surface area contributed by atoms with Crippen LogP contribution in [0.25, 0.3) is 11.1 Å². The maximum absolute atomic E-state index is 6.00. The topological polar surface area (TPSA) is 52.0 Å². The Morgan fingerprint density at radius 2 is 1.68 bits per heavy atom. The van der Waals surface area contributed by atoms with Crippen molar-refractivity contribution in [2.24, 2.45) is 5.92 Å². The number of benzene rings is 1. The first-order valence-corrected chi connectivity index (χ1v) is 6.72. The van der Waals surface area contributed by atoms with Gasteiger partial charge in [-0.05, 0) is 49.8 Å². The van der Waals surface area contributed by atoms with E-state index in [4.69, 9.17) is 10.3 Å². The van der Waals surface area contributed by atoms with E-state index >= 15 is 0 Å². The van der Waals surface area contributed by atoms with E-state index in [2.05, 4.69) is 51.9 Å². The van der Waals surface area contributed by atoms with E-state index in [1.54, 1.807) is 0 Å². The van der Waals surface area contributed by atoms with Crippen molar-refractivity contribution in [2.75, 3.05) is 5.73 Å². The van der Waals surface area contributed by atoms with Crippen LogP contribution in [0.4, 0.5) is 5.88 Å². The van der Waals surface area contributed by atoms with Crippen LogP contribution in [-0.4, -0.2) is 5.16 Å². The zero-order chi connectivity index (χ0) is 14.2. The van der Waals surface area contributed by atoms with Gasteiger partial charge >= 0.3 is 0 Å². The Labute approximate surface area is 114 Å². The number of nitrogens with two attached hydrogens (primary N) is 1. The molecule has 2 rings (SSSR count). The average molecular weight is 258 g/mol. The van der Waals surface area contributed by atoms with E-state index in [9.17, 15) is 0 Å². The Balaban J connectivity index is 2.62. The number of rotatable bonds is 3. The van der Waals surface area contributed by atoms with Crippen LogP contribution in [0, 0.1) is 26.7 Å². The van der Waals surface area contributed by atoms with Gasteiger partial charge in [0.1, 0.15) is 0 Å². The van der Waals surface area contributed by atoms with Gasteiger partial charge in [-0.15, -0.1) is 0 Å². The summed E-state index contributed by atoms with van der Waals surface area (Å²) in [5, 5.41) is 4.14. The van der Waals surface area contributed by atoms with Gasteiger partial charge in [0, 0.05) is 0 Å². The van der Waals surface area contributed by atoms with E-state index in [1.807, 2.05) is 0 Å². The Kier molecular flexibility index (Phi) is 3.65. The maximum Gasteiger partial charge on any atom is 0.230 e. The first-order valence-electron chi connectivity index (χ1n) is 6.72. The molecule has 0 bridgehead atoms. The second-order valence-corrected chi connectivity index (χ2v) is 5.74. The zero-order valence-corrected chi connectivity index (χ0v) is 12.4. The van der Waals surface area contributed by atoms with Crippen LogP contribution in [0.3, 0.4) is 0 Å². The molecule has 102 valence electrons. The largest absolute Gasteiger partial charge is 0.367 e. The normalized spacial score (nSPS) is 11.3. The summed E-state index contributed by atoms with van der Waals surface area (Å²) >= 11 is 0. The molecule has 0 spiro atoms. The standard InChI is InChI=1S/C16H22N2O/c1-9(2)6-13-15(16(17)19-18-13)14-11(4)7-10(3)8-12(14)5/h7-9H,6,17H2,1-5H3. The van der Waals surface area contributed by atoms with Crippen molar-refractivity contribution >= 4 is 5.88 Å². The summed E-state index contributed by atoms with van der Waals surface area (Å²) < 4.78 is 5.22. The highest BCUT2D eigenvalue weighted by Gasteiger charge is 2.20. The van der Waals surface area contributed by atoms with Crippen LogP contribution in [-0.2, 0) is 6.42 Å². The molecule has 1 heterocycles. The van der Waals surface area contributed by atoms with Gasteiger partial charge in [0.2, 0.25) is 5.88 Å².